The lowest BCUT2D eigenvalue weighted by atomic mass is 9.98. The molecular weight excluding hydrogens is 444 g/mol. The van der Waals surface area contributed by atoms with Crippen LogP contribution >= 0.6 is 0 Å². The molecule has 4 rings (SSSR count). The maximum absolute atomic E-state index is 12.5. The fraction of sp³-hybridized carbons (Fsp3) is 0.250. The Bertz CT molecular complexity index is 1190. The van der Waals surface area contributed by atoms with Gasteiger partial charge in [-0.2, -0.15) is 0 Å². The minimum absolute atomic E-state index is 0.0125. The summed E-state index contributed by atoms with van der Waals surface area (Å²) in [5, 5.41) is 14.2. The van der Waals surface area contributed by atoms with Gasteiger partial charge in [0, 0.05) is 24.1 Å². The van der Waals surface area contributed by atoms with E-state index in [4.69, 9.17) is 9.84 Å². The van der Waals surface area contributed by atoms with Gasteiger partial charge in [0.1, 0.15) is 6.61 Å². The minimum Gasteiger partial charge on any atom is -0.481 e. The summed E-state index contributed by atoms with van der Waals surface area (Å²) in [5.41, 5.74) is 6.11. The lowest BCUT2D eigenvalue weighted by molar-refractivity contribution is -0.137. The molecule has 2 amide bonds. The highest BCUT2D eigenvalue weighted by Gasteiger charge is 2.29. The number of fused-ring (bicyclic) bond motifs is 3. The van der Waals surface area contributed by atoms with Crippen LogP contribution in [0.5, 0.6) is 0 Å². The number of benzene rings is 3. The van der Waals surface area contributed by atoms with Crippen molar-refractivity contribution in [1.29, 1.82) is 0 Å². The molecule has 0 heterocycles. The molecule has 35 heavy (non-hydrogen) atoms. The van der Waals surface area contributed by atoms with Crippen molar-refractivity contribution in [2.75, 3.05) is 11.9 Å². The first-order valence-corrected chi connectivity index (χ1v) is 11.6. The van der Waals surface area contributed by atoms with Gasteiger partial charge in [-0.3, -0.25) is 14.9 Å². The summed E-state index contributed by atoms with van der Waals surface area (Å²) in [7, 11) is 0. The number of amides is 2. The lowest BCUT2D eigenvalue weighted by Gasteiger charge is -2.15. The molecule has 1 aliphatic rings. The zero-order valence-corrected chi connectivity index (χ0v) is 19.5. The van der Waals surface area contributed by atoms with Gasteiger partial charge in [-0.15, -0.1) is 0 Å². The summed E-state index contributed by atoms with van der Waals surface area (Å²) in [4.78, 5) is 35.3. The fourth-order valence-corrected chi connectivity index (χ4v) is 4.47. The molecule has 0 radical (unpaired) electrons. The van der Waals surface area contributed by atoms with Gasteiger partial charge in [0.2, 0.25) is 5.91 Å². The predicted molar refractivity (Wildman–Crippen MR) is 133 cm³/mol. The van der Waals surface area contributed by atoms with Gasteiger partial charge < -0.3 is 15.2 Å². The highest BCUT2D eigenvalue weighted by Crippen LogP contribution is 2.44. The van der Waals surface area contributed by atoms with E-state index in [-0.39, 0.29) is 31.3 Å². The molecule has 0 bridgehead atoms. The van der Waals surface area contributed by atoms with E-state index in [1.54, 1.807) is 25.1 Å². The molecule has 3 N–H and O–H groups in total. The Kier molecular flexibility index (Phi) is 7.45. The summed E-state index contributed by atoms with van der Waals surface area (Å²) in [6, 6.07) is 23.2. The van der Waals surface area contributed by atoms with E-state index in [0.29, 0.717) is 12.1 Å². The number of ether oxygens (including phenoxy) is 1. The fourth-order valence-electron chi connectivity index (χ4n) is 4.47. The molecule has 0 aliphatic heterocycles. The normalized spacial score (nSPS) is 12.8. The zero-order valence-electron chi connectivity index (χ0n) is 19.5. The Morgan fingerprint density at radius 3 is 2.26 bits per heavy atom. The first-order chi connectivity index (χ1) is 16.9. The molecule has 3 aromatic rings. The van der Waals surface area contributed by atoms with E-state index >= 15 is 0 Å². The average Bonchev–Trinajstić information content (AvgIpc) is 3.15. The van der Waals surface area contributed by atoms with Crippen LogP contribution in [0.3, 0.4) is 0 Å². The SMILES string of the molecule is C[C@@H](CC(=O)O)NC(=O)CCc1cccc(NC(=O)OCC2c3ccccc3-c3ccccc32)c1. The molecule has 0 saturated heterocycles. The van der Waals surface area contributed by atoms with Crippen molar-refractivity contribution >= 4 is 23.7 Å². The van der Waals surface area contributed by atoms with E-state index < -0.39 is 18.1 Å². The first-order valence-electron chi connectivity index (χ1n) is 11.6. The maximum atomic E-state index is 12.5. The molecule has 0 aromatic heterocycles. The summed E-state index contributed by atoms with van der Waals surface area (Å²) < 4.78 is 5.59. The Hall–Kier alpha value is -4.13. The van der Waals surface area contributed by atoms with Crippen LogP contribution in [0.15, 0.2) is 72.8 Å². The number of nitrogens with one attached hydrogen (secondary N) is 2. The smallest absolute Gasteiger partial charge is 0.411 e. The topological polar surface area (TPSA) is 105 Å². The molecule has 7 heteroatoms. The average molecular weight is 473 g/mol. The van der Waals surface area contributed by atoms with E-state index in [9.17, 15) is 14.4 Å². The van der Waals surface area contributed by atoms with E-state index in [2.05, 4.69) is 34.9 Å². The number of carbonyl (C=O) groups is 3. The highest BCUT2D eigenvalue weighted by atomic mass is 16.5. The molecule has 0 spiro atoms. The van der Waals surface area contributed by atoms with Gasteiger partial charge in [-0.25, -0.2) is 4.79 Å². The van der Waals surface area contributed by atoms with Crippen molar-refractivity contribution in [3.05, 3.63) is 89.5 Å². The Morgan fingerprint density at radius 2 is 1.60 bits per heavy atom. The van der Waals surface area contributed by atoms with Gasteiger partial charge >= 0.3 is 12.1 Å². The predicted octanol–water partition coefficient (Wildman–Crippen LogP) is 4.96. The van der Waals surface area contributed by atoms with Crippen molar-refractivity contribution in [2.24, 2.45) is 0 Å². The quantitative estimate of drug-likeness (QED) is 0.408. The standard InChI is InChI=1S/C28H28N2O5/c1-18(15-27(32)33)29-26(31)14-13-19-7-6-8-20(16-19)30-28(34)35-17-25-23-11-4-2-9-21(23)22-10-3-5-12-24(22)25/h2-12,16,18,25H,13-15,17H2,1H3,(H,29,31)(H,30,34)(H,32,33)/t18-/m0/s1. The molecule has 1 aliphatic carbocycles. The number of hydrogen-bond acceptors (Lipinski definition) is 4. The number of aliphatic carboxylic acids is 1. The molecule has 1 atom stereocenters. The Morgan fingerprint density at radius 1 is 0.943 bits per heavy atom. The summed E-state index contributed by atoms with van der Waals surface area (Å²) >= 11 is 0. The molecule has 7 nitrogen and oxygen atoms in total. The number of carboxylic acid groups (broad SMARTS) is 1. The summed E-state index contributed by atoms with van der Waals surface area (Å²) in [6.45, 7) is 1.89. The summed E-state index contributed by atoms with van der Waals surface area (Å²) in [5.74, 6) is -1.18. The monoisotopic (exact) mass is 472 g/mol. The third-order valence-electron chi connectivity index (χ3n) is 6.05. The van der Waals surface area contributed by atoms with Crippen LogP contribution in [0.1, 0.15) is 42.4 Å². The van der Waals surface area contributed by atoms with Gasteiger partial charge in [0.15, 0.2) is 0 Å². The number of hydrogen-bond donors (Lipinski definition) is 3. The van der Waals surface area contributed by atoms with Gasteiger partial charge in [0.25, 0.3) is 0 Å². The second-order valence-corrected chi connectivity index (χ2v) is 8.72. The number of carboxylic acids is 1. The van der Waals surface area contributed by atoms with Gasteiger partial charge in [0.05, 0.1) is 6.42 Å². The van der Waals surface area contributed by atoms with E-state index in [0.717, 1.165) is 16.7 Å². The number of aryl methyl sites for hydroxylation is 1. The van der Waals surface area contributed by atoms with Crippen LogP contribution in [-0.2, 0) is 20.7 Å². The Labute approximate surface area is 204 Å². The van der Waals surface area contributed by atoms with E-state index in [1.807, 2.05) is 30.3 Å². The van der Waals surface area contributed by atoms with Gasteiger partial charge in [-0.05, 0) is 53.3 Å². The van der Waals surface area contributed by atoms with Crippen LogP contribution in [-0.4, -0.2) is 35.7 Å². The molecule has 0 fully saturated rings. The molecule has 0 saturated carbocycles. The van der Waals surface area contributed by atoms with E-state index in [1.165, 1.54) is 11.1 Å². The number of anilines is 1. The van der Waals surface area contributed by atoms with Crippen LogP contribution < -0.4 is 10.6 Å². The van der Waals surface area contributed by atoms with Crippen molar-refractivity contribution in [2.45, 2.75) is 38.1 Å². The first kappa shape index (κ1) is 24.0. The van der Waals surface area contributed by atoms with Crippen molar-refractivity contribution in [1.82, 2.24) is 5.32 Å². The third-order valence-corrected chi connectivity index (χ3v) is 6.05. The minimum atomic E-state index is -0.954. The highest BCUT2D eigenvalue weighted by molar-refractivity contribution is 5.85. The Balaban J connectivity index is 1.31. The van der Waals surface area contributed by atoms with Crippen LogP contribution in [0.4, 0.5) is 10.5 Å². The largest absolute Gasteiger partial charge is 0.481 e. The second-order valence-electron chi connectivity index (χ2n) is 8.72. The van der Waals surface area contributed by atoms with Gasteiger partial charge in [-0.1, -0.05) is 60.7 Å². The zero-order chi connectivity index (χ0) is 24.8. The van der Waals surface area contributed by atoms with Crippen LogP contribution in [0.2, 0.25) is 0 Å². The number of rotatable bonds is 9. The maximum Gasteiger partial charge on any atom is 0.411 e. The molecule has 3 aromatic carbocycles. The number of carbonyl (C=O) groups excluding carboxylic acids is 2. The molecule has 0 unspecified atom stereocenters. The third kappa shape index (κ3) is 6.06. The lowest BCUT2D eigenvalue weighted by Crippen LogP contribution is -2.34. The molecular formula is C28H28N2O5. The van der Waals surface area contributed by atoms with Crippen molar-refractivity contribution in [3.63, 3.8) is 0 Å². The van der Waals surface area contributed by atoms with Crippen molar-refractivity contribution < 1.29 is 24.2 Å². The van der Waals surface area contributed by atoms with Crippen LogP contribution in [0, 0.1) is 0 Å². The summed E-state index contributed by atoms with van der Waals surface area (Å²) in [6.07, 6.45) is 0.0272. The van der Waals surface area contributed by atoms with Crippen molar-refractivity contribution in [3.8, 4) is 11.1 Å². The second kappa shape index (κ2) is 10.9. The van der Waals surface area contributed by atoms with Crippen LogP contribution in [0.25, 0.3) is 11.1 Å². The molecule has 180 valence electrons.